The van der Waals surface area contributed by atoms with Gasteiger partial charge in [-0.25, -0.2) is 4.57 Å². The number of fused-ring (bicyclic) bond motifs is 4. The van der Waals surface area contributed by atoms with Crippen molar-refractivity contribution in [1.82, 2.24) is 15.2 Å². The number of benzene rings is 3. The highest BCUT2D eigenvalue weighted by Crippen LogP contribution is 2.48. The number of morpholine rings is 1. The maximum atomic E-state index is 12.7. The average molecular weight is 674 g/mol. The van der Waals surface area contributed by atoms with Crippen LogP contribution in [0.15, 0.2) is 48.5 Å². The first-order valence-electron chi connectivity index (χ1n) is 14.7. The first-order valence-corrected chi connectivity index (χ1v) is 16.8. The highest BCUT2D eigenvalue weighted by atomic mass is 35.5. The smallest absolute Gasteiger partial charge is 0.469 e. The molecule has 0 spiro atoms. The van der Waals surface area contributed by atoms with E-state index in [9.17, 15) is 19.5 Å². The van der Waals surface area contributed by atoms with E-state index in [2.05, 4.69) is 19.7 Å². The van der Waals surface area contributed by atoms with Crippen LogP contribution in [-0.4, -0.2) is 95.5 Å². The third-order valence-corrected chi connectivity index (χ3v) is 9.07. The lowest BCUT2D eigenvalue weighted by Crippen LogP contribution is -2.38. The Bertz CT molecular complexity index is 1820. The molecule has 0 aliphatic carbocycles. The van der Waals surface area contributed by atoms with Crippen LogP contribution in [0.4, 0.5) is 17.2 Å². The fourth-order valence-corrected chi connectivity index (χ4v) is 6.58. The van der Waals surface area contributed by atoms with Crippen LogP contribution in [0.2, 0.25) is 0 Å². The minimum atomic E-state index is -4.67. The number of amides is 1. The van der Waals surface area contributed by atoms with Crippen LogP contribution in [0.5, 0.6) is 5.75 Å². The van der Waals surface area contributed by atoms with E-state index in [0.717, 1.165) is 60.9 Å². The molecule has 1 unspecified atom stereocenters. The van der Waals surface area contributed by atoms with Crippen LogP contribution in [0.25, 0.3) is 21.7 Å². The number of rotatable bonds is 12. The molecule has 0 saturated carbocycles. The molecule has 0 radical (unpaired) electrons. The highest BCUT2D eigenvalue weighted by Gasteiger charge is 2.35. The van der Waals surface area contributed by atoms with Gasteiger partial charge in [0.2, 0.25) is 0 Å². The minimum absolute atomic E-state index is 0.144. The van der Waals surface area contributed by atoms with Gasteiger partial charge in [0.15, 0.2) is 0 Å². The molecular formula is C30H33ClN5O9P. The second-order valence-electron chi connectivity index (χ2n) is 11.1. The molecule has 1 atom stereocenters. The molecule has 46 heavy (non-hydrogen) atoms. The summed E-state index contributed by atoms with van der Waals surface area (Å²) in [6.45, 7) is 4.57. The summed E-state index contributed by atoms with van der Waals surface area (Å²) in [5.74, 6) is 1.08. The Hall–Kier alpha value is -3.75. The number of phosphoric acid groups is 1. The van der Waals surface area contributed by atoms with Crippen molar-refractivity contribution >= 4 is 64.2 Å². The number of phosphoric ester groups is 1. The van der Waals surface area contributed by atoms with E-state index in [1.54, 1.807) is 12.1 Å². The van der Waals surface area contributed by atoms with Gasteiger partial charge < -0.3 is 34.5 Å². The van der Waals surface area contributed by atoms with Gasteiger partial charge in [-0.3, -0.25) is 24.3 Å². The summed E-state index contributed by atoms with van der Waals surface area (Å²) >= 11 is 6.45. The number of nitrogens with one attached hydrogen (secondary N) is 2. The van der Waals surface area contributed by atoms with Crippen LogP contribution in [-0.2, 0) is 13.8 Å². The van der Waals surface area contributed by atoms with Gasteiger partial charge in [-0.1, -0.05) is 6.07 Å². The van der Waals surface area contributed by atoms with E-state index >= 15 is 0 Å². The molecule has 6 rings (SSSR count). The minimum Gasteiger partial charge on any atom is -0.492 e. The summed E-state index contributed by atoms with van der Waals surface area (Å²) in [7, 11) is -4.67. The molecule has 4 aromatic rings. The second-order valence-corrected chi connectivity index (χ2v) is 12.6. The number of hydrogen-bond acceptors (Lipinski definition) is 9. The van der Waals surface area contributed by atoms with Gasteiger partial charge in [0.05, 0.1) is 35.8 Å². The number of aromatic nitrogens is 1. The standard InChI is InChI=1S/C30H33ClN5O9P/c31-17-21-18-35(28-15-20-13-22(2-4-25(20)33-28)44-12-8-34-6-10-43-11-7-34)27-16-26(36(38)39)24-14-19(1-3-23(24)29(21)27)30(37)32-5-9-45-46(40,41)42/h1-4,13-16,21,33H,5-12,17-18H2,(H,32,37)(H2,40,41,42). The van der Waals surface area contributed by atoms with Crippen molar-refractivity contribution in [2.75, 3.05) is 69.9 Å². The number of halogens is 1. The molecule has 1 saturated heterocycles. The zero-order chi connectivity index (χ0) is 32.4. The van der Waals surface area contributed by atoms with E-state index < -0.39 is 25.3 Å². The normalized spacial score (nSPS) is 17.0. The quantitative estimate of drug-likeness (QED) is 0.0555. The predicted molar refractivity (Wildman–Crippen MR) is 172 cm³/mol. The molecule has 4 N–H and O–H groups in total. The van der Waals surface area contributed by atoms with Crippen molar-refractivity contribution in [3.05, 3.63) is 69.8 Å². The largest absolute Gasteiger partial charge is 0.492 e. The lowest BCUT2D eigenvalue weighted by molar-refractivity contribution is -0.383. The van der Waals surface area contributed by atoms with Crippen molar-refractivity contribution < 1.29 is 38.1 Å². The van der Waals surface area contributed by atoms with E-state index in [-0.39, 0.29) is 35.0 Å². The number of nitro benzene ring substituents is 1. The van der Waals surface area contributed by atoms with E-state index in [1.807, 2.05) is 29.2 Å². The lowest BCUT2D eigenvalue weighted by atomic mass is 9.93. The van der Waals surface area contributed by atoms with Crippen molar-refractivity contribution in [3.8, 4) is 5.75 Å². The van der Waals surface area contributed by atoms with Gasteiger partial charge in [0.1, 0.15) is 18.2 Å². The molecule has 1 amide bonds. The summed E-state index contributed by atoms with van der Waals surface area (Å²) in [6, 6.07) is 14.0. The number of non-ortho nitro benzene ring substituents is 1. The number of anilines is 2. The first-order chi connectivity index (χ1) is 22.1. The van der Waals surface area contributed by atoms with Gasteiger partial charge in [0, 0.05) is 67.1 Å². The zero-order valence-corrected chi connectivity index (χ0v) is 26.3. The fraction of sp³-hybridized carbons (Fsp3) is 0.367. The molecule has 3 heterocycles. The summed E-state index contributed by atoms with van der Waals surface area (Å²) in [5.41, 5.74) is 2.39. The third kappa shape index (κ3) is 6.98. The molecule has 1 aromatic heterocycles. The monoisotopic (exact) mass is 673 g/mol. The zero-order valence-electron chi connectivity index (χ0n) is 24.7. The van der Waals surface area contributed by atoms with Crippen LogP contribution in [0.1, 0.15) is 21.8 Å². The predicted octanol–water partition coefficient (Wildman–Crippen LogP) is 4.25. The number of hydrogen-bond donors (Lipinski definition) is 4. The van der Waals surface area contributed by atoms with Crippen LogP contribution in [0.3, 0.4) is 0 Å². The summed E-state index contributed by atoms with van der Waals surface area (Å²) in [6.07, 6.45) is 0. The summed E-state index contributed by atoms with van der Waals surface area (Å²) in [5, 5.41) is 16.6. The van der Waals surface area contributed by atoms with Crippen molar-refractivity contribution in [1.29, 1.82) is 0 Å². The second kappa shape index (κ2) is 13.5. The van der Waals surface area contributed by atoms with E-state index in [4.69, 9.17) is 30.9 Å². The van der Waals surface area contributed by atoms with Crippen molar-refractivity contribution in [2.24, 2.45) is 0 Å². The Morgan fingerprint density at radius 3 is 2.67 bits per heavy atom. The molecule has 14 nitrogen and oxygen atoms in total. The number of H-pyrrole nitrogens is 1. The highest BCUT2D eigenvalue weighted by molar-refractivity contribution is 7.46. The van der Waals surface area contributed by atoms with Crippen LogP contribution >= 0.6 is 19.4 Å². The van der Waals surface area contributed by atoms with Crippen molar-refractivity contribution in [2.45, 2.75) is 5.92 Å². The SMILES string of the molecule is O=C(NCCOP(=O)(O)O)c1ccc2c3c(cc([N+](=O)[O-])c2c1)N(c1cc2cc(OCCN4CCOCC4)ccc2[nH]1)CC3CCl. The number of carbonyl (C=O) groups is 1. The molecule has 2 aliphatic heterocycles. The van der Waals surface area contributed by atoms with Gasteiger partial charge >= 0.3 is 7.82 Å². The average Bonchev–Trinajstić information content (AvgIpc) is 3.63. The molecule has 3 aromatic carbocycles. The summed E-state index contributed by atoms with van der Waals surface area (Å²) in [4.78, 5) is 49.9. The van der Waals surface area contributed by atoms with Crippen LogP contribution < -0.4 is 15.0 Å². The number of nitro groups is 1. The maximum Gasteiger partial charge on any atom is 0.469 e. The Kier molecular flexibility index (Phi) is 9.48. The van der Waals surface area contributed by atoms with E-state index in [0.29, 0.717) is 24.2 Å². The molecule has 1 fully saturated rings. The van der Waals surface area contributed by atoms with Crippen molar-refractivity contribution in [3.63, 3.8) is 0 Å². The molecule has 16 heteroatoms. The van der Waals surface area contributed by atoms with E-state index in [1.165, 1.54) is 12.1 Å². The Labute approximate surface area is 268 Å². The number of ether oxygens (including phenoxy) is 2. The van der Waals surface area contributed by atoms with Gasteiger partial charge in [-0.2, -0.15) is 0 Å². The Balaban J connectivity index is 1.26. The first kappa shape index (κ1) is 32.2. The van der Waals surface area contributed by atoms with Gasteiger partial charge in [-0.15, -0.1) is 11.6 Å². The Morgan fingerprint density at radius 1 is 1.13 bits per heavy atom. The maximum absolute atomic E-state index is 12.7. The molecule has 244 valence electrons. The fourth-order valence-electron chi connectivity index (χ4n) is 6.00. The number of alkyl halides is 1. The van der Waals surface area contributed by atoms with Crippen LogP contribution in [0, 0.1) is 10.1 Å². The topological polar surface area (TPSA) is 180 Å². The number of carbonyl (C=O) groups excluding carboxylic acids is 1. The molecular weight excluding hydrogens is 641 g/mol. The summed E-state index contributed by atoms with van der Waals surface area (Å²) < 4.78 is 26.6. The molecule has 2 aliphatic rings. The third-order valence-electron chi connectivity index (χ3n) is 8.18. The lowest BCUT2D eigenvalue weighted by Gasteiger charge is -2.26. The Morgan fingerprint density at radius 2 is 1.93 bits per heavy atom. The number of nitrogens with zero attached hydrogens (tertiary/aromatic N) is 3. The molecule has 0 bridgehead atoms. The number of aromatic amines is 1. The van der Waals surface area contributed by atoms with Gasteiger partial charge in [-0.05, 0) is 47.3 Å². The van der Waals surface area contributed by atoms with Gasteiger partial charge in [0.25, 0.3) is 11.6 Å².